The lowest BCUT2D eigenvalue weighted by molar-refractivity contribution is -0.138. The summed E-state index contributed by atoms with van der Waals surface area (Å²) in [6, 6.07) is 7.60. The van der Waals surface area contributed by atoms with E-state index in [9.17, 15) is 4.79 Å². The van der Waals surface area contributed by atoms with Crippen molar-refractivity contribution in [1.29, 1.82) is 0 Å². The van der Waals surface area contributed by atoms with Gasteiger partial charge >= 0.3 is 0 Å². The topological polar surface area (TPSA) is 56.6 Å². The summed E-state index contributed by atoms with van der Waals surface area (Å²) >= 11 is 0. The molecule has 0 fully saturated rings. The average Bonchev–Trinajstić information content (AvgIpc) is 3.00. The highest BCUT2D eigenvalue weighted by Gasteiger charge is 2.33. The van der Waals surface area contributed by atoms with E-state index in [-0.39, 0.29) is 18.6 Å². The monoisotopic (exact) mass is 343 g/mol. The Balaban J connectivity index is 1.74. The zero-order valence-electron chi connectivity index (χ0n) is 15.1. The van der Waals surface area contributed by atoms with Crippen LogP contribution in [0.3, 0.4) is 0 Å². The Morgan fingerprint density at radius 3 is 2.92 bits per heavy atom. The Hall–Kier alpha value is -2.34. The molecule has 0 aliphatic carbocycles. The number of amides is 1. The second-order valence-corrected chi connectivity index (χ2v) is 6.25. The summed E-state index contributed by atoms with van der Waals surface area (Å²) < 4.78 is 13.2. The lowest BCUT2D eigenvalue weighted by Gasteiger charge is -2.36. The quantitative estimate of drug-likeness (QED) is 0.807. The summed E-state index contributed by atoms with van der Waals surface area (Å²) in [7, 11) is 1.91. The van der Waals surface area contributed by atoms with Gasteiger partial charge in [0.05, 0.1) is 24.5 Å². The summed E-state index contributed by atoms with van der Waals surface area (Å²) in [6.45, 7) is 5.71. The molecule has 1 aromatic carbocycles. The first-order chi connectivity index (χ1) is 12.1. The molecule has 25 heavy (non-hydrogen) atoms. The van der Waals surface area contributed by atoms with Crippen LogP contribution in [0.1, 0.15) is 29.8 Å². The van der Waals surface area contributed by atoms with Crippen LogP contribution in [0.15, 0.2) is 30.5 Å². The highest BCUT2D eigenvalue weighted by atomic mass is 16.5. The molecule has 1 atom stereocenters. The third-order valence-electron chi connectivity index (χ3n) is 4.62. The third-order valence-corrected chi connectivity index (χ3v) is 4.62. The van der Waals surface area contributed by atoms with Crippen molar-refractivity contribution in [2.45, 2.75) is 26.3 Å². The maximum absolute atomic E-state index is 12.8. The van der Waals surface area contributed by atoms with Gasteiger partial charge in [0, 0.05) is 20.2 Å². The van der Waals surface area contributed by atoms with Gasteiger partial charge in [-0.1, -0.05) is 18.2 Å². The molecular weight excluding hydrogens is 318 g/mol. The lowest BCUT2D eigenvalue weighted by Crippen LogP contribution is -2.44. The van der Waals surface area contributed by atoms with Crippen LogP contribution in [-0.2, 0) is 23.0 Å². The van der Waals surface area contributed by atoms with Gasteiger partial charge in [0.25, 0.3) is 5.91 Å². The standard InChI is InChI=1S/C19H25N3O3/c1-4-24-12-16-19-15(11-20-21(19)3)9-10-22(16)18(23)13-25-17-8-6-5-7-14(17)2/h5-8,11,16H,4,9-10,12-13H2,1-3H3/t16-/m0/s1. The van der Waals surface area contributed by atoms with E-state index in [2.05, 4.69) is 5.10 Å². The number of ether oxygens (including phenoxy) is 2. The van der Waals surface area contributed by atoms with Crippen LogP contribution in [0.4, 0.5) is 0 Å². The molecule has 1 amide bonds. The van der Waals surface area contributed by atoms with E-state index < -0.39 is 0 Å². The number of hydrogen-bond acceptors (Lipinski definition) is 4. The van der Waals surface area contributed by atoms with E-state index in [1.54, 1.807) is 0 Å². The van der Waals surface area contributed by atoms with Crippen LogP contribution >= 0.6 is 0 Å². The van der Waals surface area contributed by atoms with Crippen molar-refractivity contribution in [2.24, 2.45) is 7.05 Å². The van der Waals surface area contributed by atoms with Crippen molar-refractivity contribution in [3.63, 3.8) is 0 Å². The van der Waals surface area contributed by atoms with E-state index in [0.717, 1.165) is 23.4 Å². The van der Waals surface area contributed by atoms with Crippen LogP contribution < -0.4 is 4.74 Å². The maximum Gasteiger partial charge on any atom is 0.261 e. The molecule has 134 valence electrons. The van der Waals surface area contributed by atoms with Crippen molar-refractivity contribution in [1.82, 2.24) is 14.7 Å². The fourth-order valence-electron chi connectivity index (χ4n) is 3.30. The van der Waals surface area contributed by atoms with Gasteiger partial charge in [0.1, 0.15) is 5.75 Å². The molecule has 1 aromatic heterocycles. The molecule has 0 saturated carbocycles. The zero-order chi connectivity index (χ0) is 17.8. The van der Waals surface area contributed by atoms with E-state index in [1.165, 1.54) is 5.56 Å². The number of aryl methyl sites for hydroxylation is 2. The maximum atomic E-state index is 12.8. The van der Waals surface area contributed by atoms with E-state index in [1.807, 2.05) is 60.9 Å². The lowest BCUT2D eigenvalue weighted by atomic mass is 10.00. The second-order valence-electron chi connectivity index (χ2n) is 6.25. The molecule has 0 unspecified atom stereocenters. The highest BCUT2D eigenvalue weighted by Crippen LogP contribution is 2.30. The normalized spacial score (nSPS) is 16.6. The molecule has 6 nitrogen and oxygen atoms in total. The van der Waals surface area contributed by atoms with Crippen molar-refractivity contribution in [2.75, 3.05) is 26.4 Å². The van der Waals surface area contributed by atoms with E-state index in [4.69, 9.17) is 9.47 Å². The molecule has 0 saturated heterocycles. The molecule has 1 aliphatic heterocycles. The first-order valence-corrected chi connectivity index (χ1v) is 8.68. The Bertz CT molecular complexity index is 741. The second kappa shape index (κ2) is 7.70. The fourth-order valence-corrected chi connectivity index (χ4v) is 3.30. The van der Waals surface area contributed by atoms with Crippen molar-refractivity contribution in [3.05, 3.63) is 47.3 Å². The molecular formula is C19H25N3O3. The Kier molecular flexibility index (Phi) is 5.38. The van der Waals surface area contributed by atoms with Gasteiger partial charge in [-0.05, 0) is 37.5 Å². The van der Waals surface area contributed by atoms with Gasteiger partial charge in [-0.25, -0.2) is 0 Å². The number of benzene rings is 1. The predicted octanol–water partition coefficient (Wildman–Crippen LogP) is 2.27. The number of para-hydroxylation sites is 1. The molecule has 3 rings (SSSR count). The van der Waals surface area contributed by atoms with Crippen LogP contribution in [0, 0.1) is 6.92 Å². The number of rotatable bonds is 6. The smallest absolute Gasteiger partial charge is 0.261 e. The zero-order valence-corrected chi connectivity index (χ0v) is 15.1. The summed E-state index contributed by atoms with van der Waals surface area (Å²) in [5.41, 5.74) is 3.27. The van der Waals surface area contributed by atoms with Gasteiger partial charge in [-0.2, -0.15) is 5.10 Å². The van der Waals surface area contributed by atoms with E-state index >= 15 is 0 Å². The minimum absolute atomic E-state index is 0.0280. The number of aromatic nitrogens is 2. The van der Waals surface area contributed by atoms with Crippen LogP contribution in [0.5, 0.6) is 5.75 Å². The van der Waals surface area contributed by atoms with Crippen molar-refractivity contribution in [3.8, 4) is 5.75 Å². The number of carbonyl (C=O) groups is 1. The predicted molar refractivity (Wildman–Crippen MR) is 94.5 cm³/mol. The molecule has 1 aliphatic rings. The van der Waals surface area contributed by atoms with Gasteiger partial charge in [-0.3, -0.25) is 9.48 Å². The molecule has 0 N–H and O–H groups in total. The number of fused-ring (bicyclic) bond motifs is 1. The summed E-state index contributed by atoms with van der Waals surface area (Å²) in [4.78, 5) is 14.7. The molecule has 2 heterocycles. The molecule has 0 spiro atoms. The van der Waals surface area contributed by atoms with Gasteiger partial charge < -0.3 is 14.4 Å². The minimum Gasteiger partial charge on any atom is -0.484 e. The number of hydrogen-bond donors (Lipinski definition) is 0. The summed E-state index contributed by atoms with van der Waals surface area (Å²) in [6.07, 6.45) is 2.70. The average molecular weight is 343 g/mol. The largest absolute Gasteiger partial charge is 0.484 e. The Morgan fingerprint density at radius 2 is 2.16 bits per heavy atom. The van der Waals surface area contributed by atoms with E-state index in [0.29, 0.717) is 19.8 Å². The summed E-state index contributed by atoms with van der Waals surface area (Å²) in [5, 5.41) is 4.35. The Labute approximate surface area is 148 Å². The van der Waals surface area contributed by atoms with Crippen LogP contribution in [0.2, 0.25) is 0 Å². The molecule has 0 bridgehead atoms. The first kappa shape index (κ1) is 17.5. The van der Waals surface area contributed by atoms with Crippen LogP contribution in [-0.4, -0.2) is 47.0 Å². The van der Waals surface area contributed by atoms with Crippen LogP contribution in [0.25, 0.3) is 0 Å². The first-order valence-electron chi connectivity index (χ1n) is 8.68. The number of nitrogens with zero attached hydrogens (tertiary/aromatic N) is 3. The summed E-state index contributed by atoms with van der Waals surface area (Å²) in [5.74, 6) is 0.718. The van der Waals surface area contributed by atoms with Gasteiger partial charge in [0.15, 0.2) is 6.61 Å². The minimum atomic E-state index is -0.121. The van der Waals surface area contributed by atoms with Gasteiger partial charge in [0.2, 0.25) is 0 Å². The Morgan fingerprint density at radius 1 is 1.36 bits per heavy atom. The molecule has 6 heteroatoms. The van der Waals surface area contributed by atoms with Crippen molar-refractivity contribution >= 4 is 5.91 Å². The fraction of sp³-hybridized carbons (Fsp3) is 0.474. The molecule has 2 aromatic rings. The third kappa shape index (κ3) is 3.69. The highest BCUT2D eigenvalue weighted by molar-refractivity contribution is 5.78. The SMILES string of the molecule is CCOC[C@H]1c2c(cnn2C)CCN1C(=O)COc1ccccc1C. The molecule has 0 radical (unpaired) electrons. The number of carbonyl (C=O) groups excluding carboxylic acids is 1. The van der Waals surface area contributed by atoms with Gasteiger partial charge in [-0.15, -0.1) is 0 Å². The van der Waals surface area contributed by atoms with Crippen molar-refractivity contribution < 1.29 is 14.3 Å².